The van der Waals surface area contributed by atoms with Gasteiger partial charge in [0.2, 0.25) is 5.91 Å². The molecule has 122 valence electrons. The van der Waals surface area contributed by atoms with Crippen LogP contribution in [0.1, 0.15) is 25.8 Å². The van der Waals surface area contributed by atoms with Crippen LogP contribution in [0.3, 0.4) is 0 Å². The van der Waals surface area contributed by atoms with E-state index >= 15 is 0 Å². The van der Waals surface area contributed by atoms with Crippen LogP contribution in [0, 0.1) is 5.92 Å². The molecule has 2 N–H and O–H groups in total. The molecular weight excluding hydrogens is 304 g/mol. The van der Waals surface area contributed by atoms with Gasteiger partial charge in [0, 0.05) is 12.4 Å². The minimum atomic E-state index is -0.619. The zero-order chi connectivity index (χ0) is 16.4. The molecule has 0 radical (unpaired) electrons. The lowest BCUT2D eigenvalue weighted by atomic mass is 10.0. The van der Waals surface area contributed by atoms with Crippen LogP contribution in [0.4, 0.5) is 4.79 Å². The van der Waals surface area contributed by atoms with Crippen molar-refractivity contribution in [2.45, 2.75) is 32.9 Å². The maximum atomic E-state index is 12.0. The second kappa shape index (κ2) is 10.1. The van der Waals surface area contributed by atoms with E-state index in [9.17, 15) is 9.59 Å². The molecule has 0 aliphatic rings. The second-order valence-corrected chi connectivity index (χ2v) is 5.75. The summed E-state index contributed by atoms with van der Waals surface area (Å²) in [5, 5.41) is 5.29. The Balaban J connectivity index is 2.49. The Bertz CT molecular complexity index is 466. The molecule has 0 saturated heterocycles. The van der Waals surface area contributed by atoms with E-state index in [2.05, 4.69) is 10.6 Å². The van der Waals surface area contributed by atoms with E-state index < -0.39 is 12.1 Å². The van der Waals surface area contributed by atoms with Crippen molar-refractivity contribution in [2.75, 3.05) is 12.4 Å². The summed E-state index contributed by atoms with van der Waals surface area (Å²) in [5.41, 5.74) is 0.893. The highest BCUT2D eigenvalue weighted by Crippen LogP contribution is 2.06. The molecule has 0 aliphatic heterocycles. The Labute approximate surface area is 136 Å². The predicted molar refractivity (Wildman–Crippen MR) is 86.7 cm³/mol. The summed E-state index contributed by atoms with van der Waals surface area (Å²) in [6.07, 6.45) is -0.0651. The van der Waals surface area contributed by atoms with E-state index in [1.165, 1.54) is 0 Å². The van der Waals surface area contributed by atoms with Gasteiger partial charge in [-0.1, -0.05) is 44.2 Å². The van der Waals surface area contributed by atoms with Crippen molar-refractivity contribution in [3.05, 3.63) is 35.9 Å². The fourth-order valence-corrected chi connectivity index (χ4v) is 2.00. The number of ether oxygens (including phenoxy) is 1. The minimum absolute atomic E-state index is 0.171. The molecule has 0 saturated carbocycles. The van der Waals surface area contributed by atoms with Gasteiger partial charge in [-0.3, -0.25) is 4.79 Å². The summed E-state index contributed by atoms with van der Waals surface area (Å²) in [7, 11) is 0. The summed E-state index contributed by atoms with van der Waals surface area (Å²) in [6.45, 7) is 4.51. The minimum Gasteiger partial charge on any atom is -0.445 e. The molecule has 0 fully saturated rings. The van der Waals surface area contributed by atoms with Gasteiger partial charge in [-0.15, -0.1) is 11.6 Å². The monoisotopic (exact) mass is 326 g/mol. The molecule has 22 heavy (non-hydrogen) atoms. The quantitative estimate of drug-likeness (QED) is 0.722. The molecule has 5 nitrogen and oxygen atoms in total. The average Bonchev–Trinajstić information content (AvgIpc) is 2.50. The third-order valence-corrected chi connectivity index (χ3v) is 3.11. The molecule has 2 amide bonds. The first-order chi connectivity index (χ1) is 10.5. The lowest BCUT2D eigenvalue weighted by molar-refractivity contribution is -0.123. The topological polar surface area (TPSA) is 67.4 Å². The Morgan fingerprint density at radius 2 is 1.91 bits per heavy atom. The Morgan fingerprint density at radius 1 is 1.23 bits per heavy atom. The highest BCUT2D eigenvalue weighted by molar-refractivity contribution is 6.18. The van der Waals surface area contributed by atoms with Crippen molar-refractivity contribution in [3.8, 4) is 0 Å². The predicted octanol–water partition coefficient (Wildman–Crippen LogP) is 2.68. The van der Waals surface area contributed by atoms with Crippen molar-refractivity contribution in [1.29, 1.82) is 0 Å². The van der Waals surface area contributed by atoms with Gasteiger partial charge in [0.05, 0.1) is 0 Å². The van der Waals surface area contributed by atoms with Crippen LogP contribution in [-0.2, 0) is 16.1 Å². The van der Waals surface area contributed by atoms with E-state index in [1.807, 2.05) is 44.2 Å². The normalized spacial score (nSPS) is 11.8. The van der Waals surface area contributed by atoms with Crippen LogP contribution in [0.5, 0.6) is 0 Å². The smallest absolute Gasteiger partial charge is 0.408 e. The highest BCUT2D eigenvalue weighted by Gasteiger charge is 2.22. The molecule has 1 atom stereocenters. The molecule has 0 heterocycles. The van der Waals surface area contributed by atoms with Crippen molar-refractivity contribution >= 4 is 23.6 Å². The molecule has 0 aromatic heterocycles. The maximum Gasteiger partial charge on any atom is 0.408 e. The van der Waals surface area contributed by atoms with Crippen molar-refractivity contribution < 1.29 is 14.3 Å². The van der Waals surface area contributed by atoms with Gasteiger partial charge in [0.25, 0.3) is 0 Å². The number of carbonyl (C=O) groups is 2. The number of hydrogen-bond acceptors (Lipinski definition) is 3. The summed E-state index contributed by atoms with van der Waals surface area (Å²) >= 11 is 5.55. The number of rotatable bonds is 8. The summed E-state index contributed by atoms with van der Waals surface area (Å²) in [4.78, 5) is 23.9. The summed E-state index contributed by atoms with van der Waals surface area (Å²) < 4.78 is 5.14. The number of halogens is 1. The first-order valence-corrected chi connectivity index (χ1v) is 7.87. The van der Waals surface area contributed by atoms with E-state index in [4.69, 9.17) is 16.3 Å². The number of nitrogens with one attached hydrogen (secondary N) is 2. The molecule has 1 rings (SSSR count). The highest BCUT2D eigenvalue weighted by atomic mass is 35.5. The number of amides is 2. The van der Waals surface area contributed by atoms with Crippen molar-refractivity contribution in [1.82, 2.24) is 10.6 Å². The van der Waals surface area contributed by atoms with Gasteiger partial charge in [-0.2, -0.15) is 0 Å². The van der Waals surface area contributed by atoms with E-state index in [1.54, 1.807) is 0 Å². The number of carbonyl (C=O) groups excluding carboxylic acids is 2. The van der Waals surface area contributed by atoms with Gasteiger partial charge < -0.3 is 15.4 Å². The Kier molecular flexibility index (Phi) is 8.36. The molecule has 0 spiro atoms. The van der Waals surface area contributed by atoms with Gasteiger partial charge in [0.1, 0.15) is 12.6 Å². The first kappa shape index (κ1) is 18.3. The van der Waals surface area contributed by atoms with Crippen LogP contribution >= 0.6 is 11.6 Å². The number of benzene rings is 1. The van der Waals surface area contributed by atoms with Crippen LogP contribution in [0.2, 0.25) is 0 Å². The molecule has 1 aromatic carbocycles. The first-order valence-electron chi connectivity index (χ1n) is 7.33. The summed E-state index contributed by atoms with van der Waals surface area (Å²) in [6, 6.07) is 8.75. The maximum absolute atomic E-state index is 12.0. The van der Waals surface area contributed by atoms with E-state index in [-0.39, 0.29) is 18.4 Å². The van der Waals surface area contributed by atoms with E-state index in [0.29, 0.717) is 18.8 Å². The van der Waals surface area contributed by atoms with Gasteiger partial charge in [0.15, 0.2) is 0 Å². The van der Waals surface area contributed by atoms with Crippen LogP contribution in [0.25, 0.3) is 0 Å². The molecule has 6 heteroatoms. The fraction of sp³-hybridized carbons (Fsp3) is 0.500. The summed E-state index contributed by atoms with van der Waals surface area (Å²) in [5.74, 6) is 0.352. The second-order valence-electron chi connectivity index (χ2n) is 5.37. The third-order valence-electron chi connectivity index (χ3n) is 2.92. The number of hydrogen-bond donors (Lipinski definition) is 2. The largest absolute Gasteiger partial charge is 0.445 e. The number of alkyl carbamates (subject to hydrolysis) is 1. The van der Waals surface area contributed by atoms with Crippen LogP contribution < -0.4 is 10.6 Å². The Morgan fingerprint density at radius 3 is 2.50 bits per heavy atom. The molecule has 0 unspecified atom stereocenters. The Hall–Kier alpha value is -1.75. The van der Waals surface area contributed by atoms with Crippen LogP contribution in [0.15, 0.2) is 30.3 Å². The molecule has 0 bridgehead atoms. The zero-order valence-electron chi connectivity index (χ0n) is 13.0. The van der Waals surface area contributed by atoms with Gasteiger partial charge >= 0.3 is 6.09 Å². The molecular formula is C16H23ClN2O3. The lowest BCUT2D eigenvalue weighted by Gasteiger charge is -2.19. The average molecular weight is 327 g/mol. The van der Waals surface area contributed by atoms with Gasteiger partial charge in [-0.05, 0) is 17.9 Å². The van der Waals surface area contributed by atoms with Crippen molar-refractivity contribution in [2.24, 2.45) is 5.92 Å². The molecule has 1 aromatic rings. The van der Waals surface area contributed by atoms with Crippen molar-refractivity contribution in [3.63, 3.8) is 0 Å². The fourth-order valence-electron chi connectivity index (χ4n) is 1.90. The van der Waals surface area contributed by atoms with Gasteiger partial charge in [-0.25, -0.2) is 4.79 Å². The zero-order valence-corrected chi connectivity index (χ0v) is 13.7. The lowest BCUT2D eigenvalue weighted by Crippen LogP contribution is -2.47. The van der Waals surface area contributed by atoms with E-state index in [0.717, 1.165) is 5.56 Å². The standard InChI is InChI=1S/C16H23ClN2O3/c1-12(2)10-14(15(20)18-9-8-17)19-16(21)22-11-13-6-4-3-5-7-13/h3-7,12,14H,8-11H2,1-2H3,(H,18,20)(H,19,21)/t14-/m0/s1. The molecule has 0 aliphatic carbocycles. The number of alkyl halides is 1. The third kappa shape index (κ3) is 7.31. The SMILES string of the molecule is CC(C)C[C@H](NC(=O)OCc1ccccc1)C(=O)NCCCl. The van der Waals surface area contributed by atoms with Crippen LogP contribution in [-0.4, -0.2) is 30.5 Å².